The summed E-state index contributed by atoms with van der Waals surface area (Å²) in [6, 6.07) is 8.29. The zero-order valence-corrected chi connectivity index (χ0v) is 24.7. The van der Waals surface area contributed by atoms with Gasteiger partial charge in [0.05, 0.1) is 36.5 Å². The summed E-state index contributed by atoms with van der Waals surface area (Å²) in [7, 11) is 0. The molecule has 0 bridgehead atoms. The van der Waals surface area contributed by atoms with Gasteiger partial charge in [0, 0.05) is 41.7 Å². The van der Waals surface area contributed by atoms with Crippen molar-refractivity contribution in [2.45, 2.75) is 63.2 Å². The summed E-state index contributed by atoms with van der Waals surface area (Å²) in [5, 5.41) is 2.00. The van der Waals surface area contributed by atoms with Crippen LogP contribution >= 0.6 is 0 Å². The highest BCUT2D eigenvalue weighted by Crippen LogP contribution is 2.48. The van der Waals surface area contributed by atoms with Gasteiger partial charge in [0.2, 0.25) is 0 Å². The van der Waals surface area contributed by atoms with Crippen molar-refractivity contribution in [1.29, 1.82) is 0 Å². The molecule has 4 aliphatic rings. The van der Waals surface area contributed by atoms with E-state index < -0.39 is 24.1 Å². The van der Waals surface area contributed by atoms with Crippen LogP contribution in [-0.2, 0) is 0 Å². The van der Waals surface area contributed by atoms with E-state index in [4.69, 9.17) is 26.1 Å². The molecule has 0 radical (unpaired) electrons. The first-order valence-corrected chi connectivity index (χ1v) is 15.5. The van der Waals surface area contributed by atoms with Crippen molar-refractivity contribution in [3.8, 4) is 29.6 Å². The number of aromatic nitrogens is 3. The lowest BCUT2D eigenvalue weighted by atomic mass is 9.94. The van der Waals surface area contributed by atoms with E-state index in [2.05, 4.69) is 17.4 Å². The summed E-state index contributed by atoms with van der Waals surface area (Å²) in [6.07, 6.45) is 11.2. The zero-order valence-electron chi connectivity index (χ0n) is 26.7. The van der Waals surface area contributed by atoms with Gasteiger partial charge in [0.1, 0.15) is 24.4 Å². The van der Waals surface area contributed by atoms with Crippen molar-refractivity contribution >= 4 is 27.5 Å². The normalized spacial score (nSPS) is 27.5. The van der Waals surface area contributed by atoms with Gasteiger partial charge in [-0.3, -0.25) is 9.88 Å². The lowest BCUT2D eigenvalue weighted by molar-refractivity contribution is 0.108. The lowest BCUT2D eigenvalue weighted by Gasteiger charge is -2.31. The first-order chi connectivity index (χ1) is 22.1. The summed E-state index contributed by atoms with van der Waals surface area (Å²) in [5.41, 5.74) is 2.71. The fraction of sp³-hybridized carbons (Fsp3) is 0.417. The van der Waals surface area contributed by atoms with Crippen LogP contribution in [-0.4, -0.2) is 63.8 Å². The second kappa shape index (κ2) is 10.2. The van der Waals surface area contributed by atoms with Gasteiger partial charge in [-0.05, 0) is 57.0 Å². The maximum absolute atomic E-state index is 15.1. The van der Waals surface area contributed by atoms with E-state index in [-0.39, 0.29) is 23.5 Å². The molecule has 8 rings (SSSR count). The summed E-state index contributed by atoms with van der Waals surface area (Å²) >= 11 is 0. The van der Waals surface area contributed by atoms with Crippen LogP contribution in [0.5, 0.6) is 6.01 Å². The number of pyridine rings is 1. The fourth-order valence-electron chi connectivity index (χ4n) is 7.91. The van der Waals surface area contributed by atoms with E-state index in [1.54, 1.807) is 12.3 Å². The Bertz CT molecular complexity index is 1980. The fourth-order valence-corrected chi connectivity index (χ4v) is 7.91. The summed E-state index contributed by atoms with van der Waals surface area (Å²) in [6.45, 7) is 5.96. The first kappa shape index (κ1) is 25.3. The smallest absolute Gasteiger partial charge is 0.319 e. The molecular weight excluding hydrogens is 556 g/mol. The molecule has 0 unspecified atom stereocenters. The monoisotopic (exact) mass is 593 g/mol. The quantitative estimate of drug-likeness (QED) is 0.188. The molecule has 3 saturated heterocycles. The number of alkyl halides is 1. The third-order valence-corrected chi connectivity index (χ3v) is 10.1. The molecule has 3 aliphatic heterocycles. The molecule has 0 amide bonds. The van der Waals surface area contributed by atoms with Gasteiger partial charge in [0.15, 0.2) is 0 Å². The maximum Gasteiger partial charge on any atom is 0.319 e. The Kier molecular flexibility index (Phi) is 5.88. The molecule has 2 aromatic heterocycles. The number of hydrogen-bond donors (Lipinski definition) is 0. The molecular formula is C36H35F2N5O. The molecule has 1 aliphatic carbocycles. The SMILES string of the molecule is [2H]C([2H])(Oc1nc(N2CCCC[C@H]3[C@H](F)[C@H]32)c2cnc(-c3cccc4ccc(F)c(C#C)c34)c(C)c2n1)[C@@]12CCCN1CC(=C)C2. The Morgan fingerprint density at radius 3 is 2.95 bits per heavy atom. The number of ether oxygens (including phenoxy) is 1. The van der Waals surface area contributed by atoms with Gasteiger partial charge in [0.25, 0.3) is 0 Å². The molecule has 0 spiro atoms. The number of hydrogen-bond acceptors (Lipinski definition) is 6. The molecule has 2 aromatic carbocycles. The zero-order chi connectivity index (χ0) is 32.0. The van der Waals surface area contributed by atoms with Gasteiger partial charge in [-0.1, -0.05) is 48.8 Å². The lowest BCUT2D eigenvalue weighted by Crippen LogP contribution is -2.43. The van der Waals surface area contributed by atoms with Crippen LogP contribution in [0.1, 0.15) is 52.4 Å². The van der Waals surface area contributed by atoms with Crippen molar-refractivity contribution in [1.82, 2.24) is 19.9 Å². The summed E-state index contributed by atoms with van der Waals surface area (Å²) < 4.78 is 54.7. The molecule has 224 valence electrons. The van der Waals surface area contributed by atoms with Gasteiger partial charge < -0.3 is 9.64 Å². The number of terminal acetylenes is 1. The number of rotatable bonds is 5. The average Bonchev–Trinajstić information content (AvgIpc) is 3.39. The predicted octanol–water partition coefficient (Wildman–Crippen LogP) is 6.77. The molecule has 5 heterocycles. The topological polar surface area (TPSA) is 54.4 Å². The number of fused-ring (bicyclic) bond motifs is 4. The summed E-state index contributed by atoms with van der Waals surface area (Å²) in [5.74, 6) is 2.47. The summed E-state index contributed by atoms with van der Waals surface area (Å²) in [4.78, 5) is 18.7. The van der Waals surface area contributed by atoms with Crippen LogP contribution in [0.3, 0.4) is 0 Å². The number of benzene rings is 2. The number of halogens is 2. The Labute approximate surface area is 259 Å². The molecule has 8 heteroatoms. The first-order valence-electron chi connectivity index (χ1n) is 16.5. The van der Waals surface area contributed by atoms with Crippen molar-refractivity contribution in [3.63, 3.8) is 0 Å². The third kappa shape index (κ3) is 4.20. The maximum atomic E-state index is 15.1. The number of nitrogens with zero attached hydrogens (tertiary/aromatic N) is 5. The highest BCUT2D eigenvalue weighted by Gasteiger charge is 2.55. The second-order valence-electron chi connectivity index (χ2n) is 12.8. The van der Waals surface area contributed by atoms with Gasteiger partial charge in [-0.25, -0.2) is 8.78 Å². The van der Waals surface area contributed by atoms with Gasteiger partial charge in [-0.2, -0.15) is 9.97 Å². The minimum atomic E-state index is -2.12. The molecule has 0 N–H and O–H groups in total. The number of aryl methyl sites for hydroxylation is 1. The van der Waals surface area contributed by atoms with Crippen molar-refractivity contribution in [2.75, 3.05) is 31.1 Å². The molecule has 4 aromatic rings. The van der Waals surface area contributed by atoms with Crippen LogP contribution < -0.4 is 9.64 Å². The largest absolute Gasteiger partial charge is 0.461 e. The average molecular weight is 594 g/mol. The van der Waals surface area contributed by atoms with E-state index in [9.17, 15) is 7.13 Å². The minimum Gasteiger partial charge on any atom is -0.461 e. The number of anilines is 1. The molecule has 6 nitrogen and oxygen atoms in total. The molecule has 1 saturated carbocycles. The predicted molar refractivity (Wildman–Crippen MR) is 169 cm³/mol. The van der Waals surface area contributed by atoms with Crippen LogP contribution in [0.4, 0.5) is 14.6 Å². The van der Waals surface area contributed by atoms with Crippen LogP contribution in [0, 0.1) is 31.0 Å². The van der Waals surface area contributed by atoms with Crippen molar-refractivity contribution in [2.24, 2.45) is 5.92 Å². The van der Waals surface area contributed by atoms with Crippen LogP contribution in [0.25, 0.3) is 32.9 Å². The van der Waals surface area contributed by atoms with E-state index in [1.165, 1.54) is 6.07 Å². The standard InChI is InChI=1S/C36H35F2N5O/c1-4-24-28(37)13-12-23-9-7-11-25(29(23)24)31-22(3)32-27(18-39-31)34(43-16-6-5-10-26-30(38)33(26)43)41-35(40-32)44-20-36-14-8-15-42(36)19-21(2)17-36/h1,7,9,11-13,18,26,30,33H,2,5-6,8,10,14-17,19-20H2,3H3/t26-,30-,33-,36-/m0/s1/i20D2. The molecule has 4 atom stereocenters. The Morgan fingerprint density at radius 2 is 2.09 bits per heavy atom. The Balaban J connectivity index is 1.32. The minimum absolute atomic E-state index is 0.0557. The van der Waals surface area contributed by atoms with Crippen molar-refractivity contribution in [3.05, 3.63) is 65.6 Å². The van der Waals surface area contributed by atoms with E-state index in [0.29, 0.717) is 64.9 Å². The Hall–Kier alpha value is -4.09. The van der Waals surface area contributed by atoms with E-state index in [1.807, 2.05) is 30.0 Å². The third-order valence-electron chi connectivity index (χ3n) is 10.1. The van der Waals surface area contributed by atoms with E-state index in [0.717, 1.165) is 43.2 Å². The van der Waals surface area contributed by atoms with Crippen LogP contribution in [0.2, 0.25) is 0 Å². The van der Waals surface area contributed by atoms with Gasteiger partial charge in [-0.15, -0.1) is 6.42 Å². The molecule has 4 fully saturated rings. The highest BCUT2D eigenvalue weighted by molar-refractivity contribution is 6.03. The highest BCUT2D eigenvalue weighted by atomic mass is 19.1. The van der Waals surface area contributed by atoms with Gasteiger partial charge >= 0.3 is 6.01 Å². The van der Waals surface area contributed by atoms with Crippen LogP contribution in [0.15, 0.2) is 48.7 Å². The van der Waals surface area contributed by atoms with Crippen molar-refractivity contribution < 1.29 is 16.3 Å². The second-order valence-corrected chi connectivity index (χ2v) is 12.8. The van der Waals surface area contributed by atoms with E-state index >= 15 is 4.39 Å². The molecule has 44 heavy (non-hydrogen) atoms. The Morgan fingerprint density at radius 1 is 1.20 bits per heavy atom.